The second-order valence-electron chi connectivity index (χ2n) is 5.02. The van der Waals surface area contributed by atoms with Crippen molar-refractivity contribution in [2.75, 3.05) is 19.0 Å². The lowest BCUT2D eigenvalue weighted by atomic mass is 10.1. The molecule has 3 nitrogen and oxygen atoms in total. The van der Waals surface area contributed by atoms with E-state index in [2.05, 4.69) is 37.4 Å². The van der Waals surface area contributed by atoms with E-state index in [0.717, 1.165) is 30.2 Å². The van der Waals surface area contributed by atoms with Crippen molar-refractivity contribution in [1.29, 1.82) is 0 Å². The molecule has 0 saturated carbocycles. The molecule has 0 aromatic heterocycles. The maximum atomic E-state index is 5.66. The van der Waals surface area contributed by atoms with Crippen LogP contribution in [0.1, 0.15) is 31.9 Å². The van der Waals surface area contributed by atoms with Gasteiger partial charge in [0.15, 0.2) is 0 Å². The van der Waals surface area contributed by atoms with E-state index >= 15 is 0 Å². The van der Waals surface area contributed by atoms with Crippen LogP contribution in [0.5, 0.6) is 11.5 Å². The molecule has 0 aliphatic rings. The topological polar surface area (TPSA) is 30.5 Å². The zero-order valence-electron chi connectivity index (χ0n) is 12.9. The van der Waals surface area contributed by atoms with Gasteiger partial charge < -0.3 is 14.8 Å². The summed E-state index contributed by atoms with van der Waals surface area (Å²) in [5.41, 5.74) is 2.24. The van der Waals surface area contributed by atoms with Crippen LogP contribution in [0, 0.1) is 0 Å². The van der Waals surface area contributed by atoms with E-state index in [4.69, 9.17) is 9.47 Å². The molecule has 2 aromatic carbocycles. The van der Waals surface area contributed by atoms with Crippen LogP contribution in [-0.4, -0.2) is 13.7 Å². The first kappa shape index (κ1) is 15.2. The Balaban J connectivity index is 2.06. The first-order valence-corrected chi connectivity index (χ1v) is 7.36. The van der Waals surface area contributed by atoms with Gasteiger partial charge in [0.25, 0.3) is 0 Å². The van der Waals surface area contributed by atoms with Crippen molar-refractivity contribution in [1.82, 2.24) is 0 Å². The lowest BCUT2D eigenvalue weighted by Gasteiger charge is -2.17. The van der Waals surface area contributed by atoms with Gasteiger partial charge in [0.2, 0.25) is 0 Å². The summed E-state index contributed by atoms with van der Waals surface area (Å²) < 4.78 is 10.9. The predicted molar refractivity (Wildman–Crippen MR) is 87.3 cm³/mol. The van der Waals surface area contributed by atoms with Crippen LogP contribution in [0.25, 0.3) is 0 Å². The minimum Gasteiger partial charge on any atom is -0.497 e. The monoisotopic (exact) mass is 285 g/mol. The summed E-state index contributed by atoms with van der Waals surface area (Å²) in [6.07, 6.45) is 1.01. The fourth-order valence-electron chi connectivity index (χ4n) is 2.14. The SMILES string of the molecule is CCCOc1cccc(NC(C)c2cccc(OC)c2)c1. The van der Waals surface area contributed by atoms with Gasteiger partial charge in [-0.25, -0.2) is 0 Å². The molecule has 1 unspecified atom stereocenters. The Morgan fingerprint density at radius 3 is 2.57 bits per heavy atom. The number of rotatable bonds is 7. The molecule has 2 aromatic rings. The van der Waals surface area contributed by atoms with Gasteiger partial charge in [0.1, 0.15) is 11.5 Å². The van der Waals surface area contributed by atoms with Crippen LogP contribution in [0.4, 0.5) is 5.69 Å². The quantitative estimate of drug-likeness (QED) is 0.802. The van der Waals surface area contributed by atoms with Gasteiger partial charge in [-0.2, -0.15) is 0 Å². The number of hydrogen-bond acceptors (Lipinski definition) is 3. The third-order valence-electron chi connectivity index (χ3n) is 3.28. The summed E-state index contributed by atoms with van der Waals surface area (Å²) in [5.74, 6) is 1.78. The van der Waals surface area contributed by atoms with Gasteiger partial charge in [-0.3, -0.25) is 0 Å². The van der Waals surface area contributed by atoms with Gasteiger partial charge in [-0.15, -0.1) is 0 Å². The fourth-order valence-corrected chi connectivity index (χ4v) is 2.14. The molecular weight excluding hydrogens is 262 g/mol. The van der Waals surface area contributed by atoms with Gasteiger partial charge in [0.05, 0.1) is 13.7 Å². The first-order valence-electron chi connectivity index (χ1n) is 7.36. The second kappa shape index (κ2) is 7.58. The number of methoxy groups -OCH3 is 1. The van der Waals surface area contributed by atoms with E-state index in [9.17, 15) is 0 Å². The summed E-state index contributed by atoms with van der Waals surface area (Å²) in [4.78, 5) is 0. The highest BCUT2D eigenvalue weighted by Gasteiger charge is 2.07. The van der Waals surface area contributed by atoms with Gasteiger partial charge in [0, 0.05) is 17.8 Å². The summed E-state index contributed by atoms with van der Waals surface area (Å²) >= 11 is 0. The van der Waals surface area contributed by atoms with Gasteiger partial charge in [-0.05, 0) is 43.2 Å². The van der Waals surface area contributed by atoms with E-state index in [1.165, 1.54) is 5.56 Å². The van der Waals surface area contributed by atoms with Gasteiger partial charge >= 0.3 is 0 Å². The molecule has 3 heteroatoms. The molecule has 21 heavy (non-hydrogen) atoms. The van der Waals surface area contributed by atoms with E-state index in [0.29, 0.717) is 0 Å². The molecule has 0 aliphatic heterocycles. The first-order chi connectivity index (χ1) is 10.2. The molecule has 0 fully saturated rings. The minimum atomic E-state index is 0.196. The van der Waals surface area contributed by atoms with Crippen LogP contribution in [0.15, 0.2) is 48.5 Å². The van der Waals surface area contributed by atoms with Crippen molar-refractivity contribution < 1.29 is 9.47 Å². The number of nitrogens with one attached hydrogen (secondary N) is 1. The minimum absolute atomic E-state index is 0.196. The molecule has 2 rings (SSSR count). The zero-order valence-corrected chi connectivity index (χ0v) is 12.9. The maximum absolute atomic E-state index is 5.66. The fraction of sp³-hybridized carbons (Fsp3) is 0.333. The normalized spacial score (nSPS) is 11.8. The van der Waals surface area contributed by atoms with Crippen molar-refractivity contribution in [3.05, 3.63) is 54.1 Å². The Morgan fingerprint density at radius 2 is 1.81 bits per heavy atom. The van der Waals surface area contributed by atoms with Crippen LogP contribution >= 0.6 is 0 Å². The van der Waals surface area contributed by atoms with Crippen molar-refractivity contribution in [3.8, 4) is 11.5 Å². The van der Waals surface area contributed by atoms with Crippen LogP contribution in [-0.2, 0) is 0 Å². The molecule has 1 atom stereocenters. The molecule has 1 N–H and O–H groups in total. The molecule has 0 bridgehead atoms. The lowest BCUT2D eigenvalue weighted by molar-refractivity contribution is 0.317. The van der Waals surface area contributed by atoms with Gasteiger partial charge in [-0.1, -0.05) is 25.1 Å². The summed E-state index contributed by atoms with van der Waals surface area (Å²) in [6.45, 7) is 4.98. The average Bonchev–Trinajstić information content (AvgIpc) is 2.53. The Bertz CT molecular complexity index is 569. The second-order valence-corrected chi connectivity index (χ2v) is 5.02. The third-order valence-corrected chi connectivity index (χ3v) is 3.28. The van der Waals surface area contributed by atoms with E-state index in [1.54, 1.807) is 7.11 Å². The molecule has 0 heterocycles. The van der Waals surface area contributed by atoms with Crippen molar-refractivity contribution >= 4 is 5.69 Å². The highest BCUT2D eigenvalue weighted by atomic mass is 16.5. The Hall–Kier alpha value is -2.16. The number of ether oxygens (including phenoxy) is 2. The highest BCUT2D eigenvalue weighted by molar-refractivity contribution is 5.50. The molecule has 0 spiro atoms. The van der Waals surface area contributed by atoms with Crippen LogP contribution in [0.3, 0.4) is 0 Å². The molecular formula is C18H23NO2. The Labute approximate surface area is 126 Å². The van der Waals surface area contributed by atoms with E-state index in [1.807, 2.05) is 30.3 Å². The number of benzene rings is 2. The smallest absolute Gasteiger partial charge is 0.121 e. The number of anilines is 1. The van der Waals surface area contributed by atoms with Crippen molar-refractivity contribution in [3.63, 3.8) is 0 Å². The summed E-state index contributed by atoms with van der Waals surface area (Å²) in [7, 11) is 1.69. The maximum Gasteiger partial charge on any atom is 0.121 e. The zero-order chi connectivity index (χ0) is 15.1. The number of hydrogen-bond donors (Lipinski definition) is 1. The van der Waals surface area contributed by atoms with Crippen LogP contribution in [0.2, 0.25) is 0 Å². The van der Waals surface area contributed by atoms with Crippen LogP contribution < -0.4 is 14.8 Å². The Morgan fingerprint density at radius 1 is 1.05 bits per heavy atom. The largest absolute Gasteiger partial charge is 0.497 e. The molecule has 112 valence electrons. The van der Waals surface area contributed by atoms with Crippen molar-refractivity contribution in [2.45, 2.75) is 26.3 Å². The summed E-state index contributed by atoms with van der Waals surface area (Å²) in [6, 6.07) is 16.4. The predicted octanol–water partition coefficient (Wildman–Crippen LogP) is 4.66. The van der Waals surface area contributed by atoms with Crippen molar-refractivity contribution in [2.24, 2.45) is 0 Å². The molecule has 0 amide bonds. The highest BCUT2D eigenvalue weighted by Crippen LogP contribution is 2.24. The van der Waals surface area contributed by atoms with E-state index < -0.39 is 0 Å². The third kappa shape index (κ3) is 4.42. The standard InChI is InChI=1S/C18H23NO2/c1-4-11-21-18-10-6-8-16(13-18)19-14(2)15-7-5-9-17(12-15)20-3/h5-10,12-14,19H,4,11H2,1-3H3. The molecule has 0 saturated heterocycles. The lowest BCUT2D eigenvalue weighted by Crippen LogP contribution is -2.07. The average molecular weight is 285 g/mol. The summed E-state index contributed by atoms with van der Waals surface area (Å²) in [5, 5.41) is 3.49. The Kier molecular flexibility index (Phi) is 5.50. The molecule has 0 radical (unpaired) electrons. The van der Waals surface area contributed by atoms with E-state index in [-0.39, 0.29) is 6.04 Å². The molecule has 0 aliphatic carbocycles.